The number of benzene rings is 2. The molecule has 212 valence electrons. The summed E-state index contributed by atoms with van der Waals surface area (Å²) >= 11 is 1.22. The molecule has 0 saturated carbocycles. The van der Waals surface area contributed by atoms with Gasteiger partial charge in [0, 0.05) is 24.0 Å². The highest BCUT2D eigenvalue weighted by atomic mass is 32.1. The Morgan fingerprint density at radius 2 is 1.36 bits per heavy atom. The summed E-state index contributed by atoms with van der Waals surface area (Å²) in [4.78, 5) is 14.2. The van der Waals surface area contributed by atoms with E-state index < -0.39 is 41.6 Å². The van der Waals surface area contributed by atoms with Gasteiger partial charge < -0.3 is 15.9 Å². The Balaban J connectivity index is 1.81. The highest BCUT2D eigenvalue weighted by Crippen LogP contribution is 2.33. The normalized spacial score (nSPS) is 14.8. The molecule has 0 saturated heterocycles. The van der Waals surface area contributed by atoms with Gasteiger partial charge in [0.1, 0.15) is 0 Å². The van der Waals surface area contributed by atoms with E-state index >= 15 is 0 Å². The molecule has 5 nitrogen and oxygen atoms in total. The van der Waals surface area contributed by atoms with Crippen LogP contribution in [0.3, 0.4) is 0 Å². The smallest absolute Gasteiger partial charge is 0.387 e. The van der Waals surface area contributed by atoms with Crippen LogP contribution in [-0.4, -0.2) is 40.2 Å². The minimum atomic E-state index is -4.60. The van der Waals surface area contributed by atoms with Crippen LogP contribution in [0.4, 0.5) is 26.3 Å². The number of hydrogen-bond donors (Lipinski definition) is 3. The van der Waals surface area contributed by atoms with Crippen molar-refractivity contribution in [1.29, 1.82) is 0 Å². The molecule has 3 unspecified atom stereocenters. The molecule has 3 rings (SSSR count). The molecule has 4 N–H and O–H groups in total. The maximum Gasteiger partial charge on any atom is 0.416 e. The van der Waals surface area contributed by atoms with Crippen molar-refractivity contribution in [3.63, 3.8) is 0 Å². The minimum Gasteiger partial charge on any atom is -0.387 e. The number of aliphatic hydroxyl groups excluding tert-OH is 2. The molecule has 1 amide bonds. The average molecular weight is 575 g/mol. The number of hydrogen-bond acceptors (Lipinski definition) is 5. The van der Waals surface area contributed by atoms with Crippen molar-refractivity contribution in [2.45, 2.75) is 50.4 Å². The van der Waals surface area contributed by atoms with Gasteiger partial charge in [0.05, 0.1) is 28.2 Å². The van der Waals surface area contributed by atoms with Gasteiger partial charge >= 0.3 is 12.4 Å². The molecule has 12 heteroatoms. The lowest BCUT2D eigenvalue weighted by atomic mass is 10.0. The van der Waals surface area contributed by atoms with Crippen molar-refractivity contribution in [2.75, 3.05) is 13.1 Å². The van der Waals surface area contributed by atoms with Gasteiger partial charge in [0.15, 0.2) is 0 Å². The third kappa shape index (κ3) is 8.53. The van der Waals surface area contributed by atoms with Gasteiger partial charge in [-0.2, -0.15) is 26.3 Å². The van der Waals surface area contributed by atoms with Crippen LogP contribution in [0.2, 0.25) is 0 Å². The first kappa shape index (κ1) is 30.6. The van der Waals surface area contributed by atoms with Gasteiger partial charge in [-0.25, -0.2) is 0 Å². The third-order valence-corrected chi connectivity index (χ3v) is 7.51. The Bertz CT molecular complexity index is 1200. The Morgan fingerprint density at radius 1 is 0.872 bits per heavy atom. The fourth-order valence-electron chi connectivity index (χ4n) is 4.11. The zero-order valence-electron chi connectivity index (χ0n) is 20.8. The van der Waals surface area contributed by atoms with Gasteiger partial charge in [0.2, 0.25) is 0 Å². The number of aliphatic hydroxyl groups is 2. The molecule has 1 aromatic heterocycles. The van der Waals surface area contributed by atoms with E-state index in [9.17, 15) is 41.4 Å². The summed E-state index contributed by atoms with van der Waals surface area (Å²) in [5.74, 6) is -0.561. The first-order valence-corrected chi connectivity index (χ1v) is 12.8. The van der Waals surface area contributed by atoms with Crippen LogP contribution in [0.1, 0.15) is 62.4 Å². The van der Waals surface area contributed by atoms with E-state index in [0.29, 0.717) is 17.7 Å². The van der Waals surface area contributed by atoms with Crippen molar-refractivity contribution < 1.29 is 41.4 Å². The van der Waals surface area contributed by atoms with Gasteiger partial charge in [0.25, 0.3) is 5.91 Å². The minimum absolute atomic E-state index is 0.0138. The Labute approximate surface area is 225 Å². The van der Waals surface area contributed by atoms with E-state index in [-0.39, 0.29) is 30.3 Å². The van der Waals surface area contributed by atoms with Crippen LogP contribution in [0.25, 0.3) is 0 Å². The number of primary amides is 1. The summed E-state index contributed by atoms with van der Waals surface area (Å²) in [6.07, 6.45) is -11.0. The van der Waals surface area contributed by atoms with E-state index in [2.05, 4.69) is 0 Å². The number of amides is 1. The molecule has 39 heavy (non-hydrogen) atoms. The van der Waals surface area contributed by atoms with E-state index in [4.69, 9.17) is 5.73 Å². The zero-order chi connectivity index (χ0) is 29.0. The highest BCUT2D eigenvalue weighted by Gasteiger charge is 2.32. The second-order valence-electron chi connectivity index (χ2n) is 9.25. The lowest BCUT2D eigenvalue weighted by Gasteiger charge is -2.33. The molecule has 0 aliphatic carbocycles. The standard InChI is InChI=1S/C27H28F6N2O3S/c1-16(8-9-21-10-11-24(39-21)25(34)38)35(14-22(36)17-4-2-6-19(12-17)26(28,29)30)15-23(37)18-5-3-7-20(13-18)27(31,32)33/h2-7,10-13,16,22-23,36-37H,8-9,14-15H2,1H3,(H2,34,38). The molecule has 0 bridgehead atoms. The molecule has 0 fully saturated rings. The summed E-state index contributed by atoms with van der Waals surface area (Å²) in [7, 11) is 0. The van der Waals surface area contributed by atoms with Crippen LogP contribution in [0.5, 0.6) is 0 Å². The van der Waals surface area contributed by atoms with E-state index in [0.717, 1.165) is 29.1 Å². The Hall–Kier alpha value is -2.93. The molecule has 0 aliphatic heterocycles. The third-order valence-electron chi connectivity index (χ3n) is 6.35. The number of carbonyl (C=O) groups excluding carboxylic acids is 1. The summed E-state index contributed by atoms with van der Waals surface area (Å²) in [5, 5.41) is 21.7. The van der Waals surface area contributed by atoms with Crippen molar-refractivity contribution in [3.05, 3.63) is 92.7 Å². The molecule has 3 atom stereocenters. The van der Waals surface area contributed by atoms with Crippen molar-refractivity contribution >= 4 is 17.2 Å². The van der Waals surface area contributed by atoms with E-state index in [1.54, 1.807) is 24.0 Å². The summed E-state index contributed by atoms with van der Waals surface area (Å²) in [5.41, 5.74) is 3.47. The summed E-state index contributed by atoms with van der Waals surface area (Å²) in [6, 6.07) is 11.5. The van der Waals surface area contributed by atoms with Crippen LogP contribution in [0, 0.1) is 0 Å². The van der Waals surface area contributed by atoms with Gasteiger partial charge in [-0.3, -0.25) is 9.69 Å². The fourth-order valence-corrected chi connectivity index (χ4v) is 4.99. The van der Waals surface area contributed by atoms with Crippen LogP contribution < -0.4 is 5.73 Å². The topological polar surface area (TPSA) is 86.8 Å². The molecule has 3 aromatic rings. The Morgan fingerprint density at radius 3 is 1.77 bits per heavy atom. The summed E-state index contributed by atoms with van der Waals surface area (Å²) in [6.45, 7) is 1.41. The maximum absolute atomic E-state index is 13.2. The summed E-state index contributed by atoms with van der Waals surface area (Å²) < 4.78 is 79.1. The number of halogens is 6. The fraction of sp³-hybridized carbons (Fsp3) is 0.370. The molecule has 2 aromatic carbocycles. The van der Waals surface area contributed by atoms with Crippen LogP contribution in [-0.2, 0) is 18.8 Å². The zero-order valence-corrected chi connectivity index (χ0v) is 21.7. The average Bonchev–Trinajstić information content (AvgIpc) is 3.35. The monoisotopic (exact) mass is 574 g/mol. The van der Waals surface area contributed by atoms with E-state index in [1.807, 2.05) is 0 Å². The van der Waals surface area contributed by atoms with Gasteiger partial charge in [-0.1, -0.05) is 24.3 Å². The number of carbonyl (C=O) groups is 1. The molecular formula is C27H28F6N2O3S. The SMILES string of the molecule is CC(CCc1ccc(C(N)=O)s1)N(CC(O)c1cccc(C(F)(F)F)c1)CC(O)c1cccc(C(F)(F)F)c1. The van der Waals surface area contributed by atoms with Crippen LogP contribution in [0.15, 0.2) is 60.7 Å². The second-order valence-corrected chi connectivity index (χ2v) is 10.4. The number of thiophene rings is 1. The van der Waals surface area contributed by atoms with Crippen molar-refractivity contribution in [1.82, 2.24) is 4.90 Å². The number of alkyl halides is 6. The Kier molecular flexibility index (Phi) is 9.81. The second kappa shape index (κ2) is 12.5. The number of aryl methyl sites for hydroxylation is 1. The first-order chi connectivity index (χ1) is 18.1. The quantitative estimate of drug-likeness (QED) is 0.246. The van der Waals surface area contributed by atoms with Crippen molar-refractivity contribution in [3.8, 4) is 0 Å². The van der Waals surface area contributed by atoms with Crippen molar-refractivity contribution in [2.24, 2.45) is 5.73 Å². The largest absolute Gasteiger partial charge is 0.416 e. The molecular weight excluding hydrogens is 546 g/mol. The number of nitrogens with two attached hydrogens (primary N) is 1. The van der Waals surface area contributed by atoms with Gasteiger partial charge in [-0.15, -0.1) is 11.3 Å². The maximum atomic E-state index is 13.2. The molecule has 1 heterocycles. The number of nitrogens with zero attached hydrogens (tertiary/aromatic N) is 1. The lowest BCUT2D eigenvalue weighted by molar-refractivity contribution is -0.138. The van der Waals surface area contributed by atoms with E-state index in [1.165, 1.54) is 35.6 Å². The van der Waals surface area contributed by atoms with Gasteiger partial charge in [-0.05, 0) is 67.3 Å². The van der Waals surface area contributed by atoms with Crippen LogP contribution >= 0.6 is 11.3 Å². The molecule has 0 radical (unpaired) electrons. The first-order valence-electron chi connectivity index (χ1n) is 12.0. The highest BCUT2D eigenvalue weighted by molar-refractivity contribution is 7.14. The lowest BCUT2D eigenvalue weighted by Crippen LogP contribution is -2.39. The predicted molar refractivity (Wildman–Crippen MR) is 135 cm³/mol. The predicted octanol–water partition coefficient (Wildman–Crippen LogP) is 5.97. The number of rotatable bonds is 11. The molecule has 0 aliphatic rings. The molecule has 0 spiro atoms.